The summed E-state index contributed by atoms with van der Waals surface area (Å²) in [6.45, 7) is 8.91. The maximum absolute atomic E-state index is 10.6. The van der Waals surface area contributed by atoms with Gasteiger partial charge >= 0.3 is 0 Å². The SMILES string of the molecule is CC(C)(O)[C@@H]1CN(Cc2ccccc2)C[C@H](C(C)(C)O)C1O. The molecule has 124 valence electrons. The standard InChI is InChI=1S/C18H29NO3/c1-17(2,21)14-11-19(10-13-8-6-5-7-9-13)12-15(16(14)20)18(3,4)22/h5-9,14-16,20-22H,10-12H2,1-4H3/t14-,15+,16?. The van der Waals surface area contributed by atoms with E-state index in [1.54, 1.807) is 27.7 Å². The van der Waals surface area contributed by atoms with Crippen LogP contribution in [0.15, 0.2) is 30.3 Å². The van der Waals surface area contributed by atoms with Gasteiger partial charge in [0, 0.05) is 31.5 Å². The van der Waals surface area contributed by atoms with E-state index < -0.39 is 17.3 Å². The quantitative estimate of drug-likeness (QED) is 0.791. The predicted octanol–water partition coefficient (Wildman–Crippen LogP) is 1.64. The van der Waals surface area contributed by atoms with Gasteiger partial charge in [0.05, 0.1) is 17.3 Å². The Morgan fingerprint density at radius 2 is 1.41 bits per heavy atom. The molecule has 0 amide bonds. The van der Waals surface area contributed by atoms with Crippen LogP contribution in [0.1, 0.15) is 33.3 Å². The van der Waals surface area contributed by atoms with E-state index in [0.29, 0.717) is 13.1 Å². The van der Waals surface area contributed by atoms with Crippen LogP contribution < -0.4 is 0 Å². The number of benzene rings is 1. The van der Waals surface area contributed by atoms with E-state index in [0.717, 1.165) is 6.54 Å². The molecule has 1 aromatic carbocycles. The molecule has 0 aliphatic carbocycles. The molecule has 1 heterocycles. The summed E-state index contributed by atoms with van der Waals surface area (Å²) in [5, 5.41) is 31.5. The first-order chi connectivity index (χ1) is 10.1. The second kappa shape index (κ2) is 6.28. The first kappa shape index (κ1) is 17.4. The summed E-state index contributed by atoms with van der Waals surface area (Å²) in [5.74, 6) is -0.581. The summed E-state index contributed by atoms with van der Waals surface area (Å²) in [6.07, 6.45) is -0.716. The number of piperidine rings is 1. The van der Waals surface area contributed by atoms with Crippen LogP contribution >= 0.6 is 0 Å². The van der Waals surface area contributed by atoms with Crippen molar-refractivity contribution in [2.24, 2.45) is 11.8 Å². The van der Waals surface area contributed by atoms with E-state index in [1.165, 1.54) is 5.56 Å². The van der Waals surface area contributed by atoms with Crippen LogP contribution in [0.5, 0.6) is 0 Å². The van der Waals surface area contributed by atoms with Crippen molar-refractivity contribution < 1.29 is 15.3 Å². The van der Waals surface area contributed by atoms with Gasteiger partial charge in [0.1, 0.15) is 0 Å². The molecule has 2 rings (SSSR count). The number of rotatable bonds is 4. The zero-order valence-corrected chi connectivity index (χ0v) is 14.0. The molecule has 4 heteroatoms. The molecule has 1 aliphatic heterocycles. The third-order valence-corrected chi connectivity index (χ3v) is 4.80. The molecule has 1 aromatic rings. The number of likely N-dealkylation sites (tertiary alicyclic amines) is 1. The van der Waals surface area contributed by atoms with Gasteiger partial charge in [-0.1, -0.05) is 30.3 Å². The van der Waals surface area contributed by atoms with Gasteiger partial charge in [-0.2, -0.15) is 0 Å². The fourth-order valence-electron chi connectivity index (χ4n) is 3.38. The molecule has 22 heavy (non-hydrogen) atoms. The molecule has 1 fully saturated rings. The Balaban J connectivity index is 2.21. The summed E-state index contributed by atoms with van der Waals surface area (Å²) in [4.78, 5) is 2.22. The van der Waals surface area contributed by atoms with Crippen molar-refractivity contribution in [2.75, 3.05) is 13.1 Å². The maximum atomic E-state index is 10.6. The lowest BCUT2D eigenvalue weighted by Crippen LogP contribution is -2.60. The van der Waals surface area contributed by atoms with E-state index in [2.05, 4.69) is 17.0 Å². The van der Waals surface area contributed by atoms with Crippen molar-refractivity contribution in [3.8, 4) is 0 Å². The van der Waals surface area contributed by atoms with Gasteiger partial charge < -0.3 is 15.3 Å². The van der Waals surface area contributed by atoms with Crippen molar-refractivity contribution in [3.05, 3.63) is 35.9 Å². The summed E-state index contributed by atoms with van der Waals surface area (Å²) in [7, 11) is 0. The molecule has 1 saturated heterocycles. The molecule has 0 spiro atoms. The van der Waals surface area contributed by atoms with Gasteiger partial charge in [-0.05, 0) is 33.3 Å². The maximum Gasteiger partial charge on any atom is 0.0675 e. The Kier molecular flexibility index (Phi) is 4.97. The van der Waals surface area contributed by atoms with Crippen LogP contribution in [-0.4, -0.2) is 50.6 Å². The van der Waals surface area contributed by atoms with Crippen LogP contribution in [0.2, 0.25) is 0 Å². The van der Waals surface area contributed by atoms with Gasteiger partial charge in [-0.15, -0.1) is 0 Å². The predicted molar refractivity (Wildman–Crippen MR) is 87.3 cm³/mol. The summed E-state index contributed by atoms with van der Waals surface area (Å²) < 4.78 is 0. The largest absolute Gasteiger partial charge is 0.392 e. The number of aliphatic hydroxyl groups is 3. The molecular formula is C18H29NO3. The number of hydrogen-bond donors (Lipinski definition) is 3. The highest BCUT2D eigenvalue weighted by atomic mass is 16.3. The minimum atomic E-state index is -0.988. The highest BCUT2D eigenvalue weighted by Crippen LogP contribution is 2.36. The summed E-state index contributed by atoms with van der Waals surface area (Å²) in [5.41, 5.74) is -0.779. The van der Waals surface area contributed by atoms with E-state index in [4.69, 9.17) is 0 Å². The van der Waals surface area contributed by atoms with E-state index >= 15 is 0 Å². The minimum Gasteiger partial charge on any atom is -0.392 e. The second-order valence-electron chi connectivity index (χ2n) is 7.69. The molecule has 3 N–H and O–H groups in total. The topological polar surface area (TPSA) is 63.9 Å². The Bertz CT molecular complexity index is 451. The van der Waals surface area contributed by atoms with Crippen molar-refractivity contribution >= 4 is 0 Å². The number of nitrogens with zero attached hydrogens (tertiary/aromatic N) is 1. The monoisotopic (exact) mass is 307 g/mol. The Hall–Kier alpha value is -0.940. The number of aliphatic hydroxyl groups excluding tert-OH is 1. The van der Waals surface area contributed by atoms with Gasteiger partial charge in [-0.3, -0.25) is 4.90 Å². The lowest BCUT2D eigenvalue weighted by molar-refractivity contribution is -0.153. The molecule has 3 atom stereocenters. The highest BCUT2D eigenvalue weighted by Gasteiger charge is 2.47. The van der Waals surface area contributed by atoms with Crippen LogP contribution in [0.25, 0.3) is 0 Å². The van der Waals surface area contributed by atoms with Crippen LogP contribution in [0, 0.1) is 11.8 Å². The van der Waals surface area contributed by atoms with Gasteiger partial charge in [0.15, 0.2) is 0 Å². The number of hydrogen-bond acceptors (Lipinski definition) is 4. The fraction of sp³-hybridized carbons (Fsp3) is 0.667. The van der Waals surface area contributed by atoms with Crippen molar-refractivity contribution in [3.63, 3.8) is 0 Å². The highest BCUT2D eigenvalue weighted by molar-refractivity contribution is 5.15. The Labute approximate surface area is 133 Å². The molecular weight excluding hydrogens is 278 g/mol. The first-order valence-corrected chi connectivity index (χ1v) is 7.98. The molecule has 0 saturated carbocycles. The summed E-state index contributed by atoms with van der Waals surface area (Å²) in [6, 6.07) is 10.2. The van der Waals surface area contributed by atoms with Crippen LogP contribution in [0.4, 0.5) is 0 Å². The second-order valence-corrected chi connectivity index (χ2v) is 7.69. The Morgan fingerprint density at radius 1 is 0.955 bits per heavy atom. The molecule has 0 radical (unpaired) electrons. The first-order valence-electron chi connectivity index (χ1n) is 7.98. The van der Waals surface area contributed by atoms with Gasteiger partial charge in [0.25, 0.3) is 0 Å². The summed E-state index contributed by atoms with van der Waals surface area (Å²) >= 11 is 0. The lowest BCUT2D eigenvalue weighted by atomic mass is 9.72. The average molecular weight is 307 g/mol. The molecule has 4 nitrogen and oxygen atoms in total. The molecule has 1 aliphatic rings. The van der Waals surface area contributed by atoms with Crippen molar-refractivity contribution in [1.29, 1.82) is 0 Å². The van der Waals surface area contributed by atoms with E-state index in [-0.39, 0.29) is 11.8 Å². The average Bonchev–Trinajstić information content (AvgIpc) is 2.39. The third-order valence-electron chi connectivity index (χ3n) is 4.80. The lowest BCUT2D eigenvalue weighted by Gasteiger charge is -2.49. The normalized spacial score (nSPS) is 27.9. The van der Waals surface area contributed by atoms with E-state index in [9.17, 15) is 15.3 Å². The zero-order valence-electron chi connectivity index (χ0n) is 14.0. The Morgan fingerprint density at radius 3 is 1.82 bits per heavy atom. The molecule has 0 aromatic heterocycles. The smallest absolute Gasteiger partial charge is 0.0675 e. The van der Waals surface area contributed by atoms with Crippen molar-refractivity contribution in [2.45, 2.75) is 51.5 Å². The van der Waals surface area contributed by atoms with Crippen LogP contribution in [-0.2, 0) is 6.54 Å². The van der Waals surface area contributed by atoms with Crippen molar-refractivity contribution in [1.82, 2.24) is 4.90 Å². The van der Waals surface area contributed by atoms with E-state index in [1.807, 2.05) is 18.2 Å². The van der Waals surface area contributed by atoms with Gasteiger partial charge in [-0.25, -0.2) is 0 Å². The zero-order chi connectivity index (χ0) is 16.5. The van der Waals surface area contributed by atoms with Gasteiger partial charge in [0.2, 0.25) is 0 Å². The molecule has 1 unspecified atom stereocenters. The minimum absolute atomic E-state index is 0.290. The third kappa shape index (κ3) is 4.07. The van der Waals surface area contributed by atoms with Crippen LogP contribution in [0.3, 0.4) is 0 Å². The fourth-order valence-corrected chi connectivity index (χ4v) is 3.38. The molecule has 0 bridgehead atoms.